The highest BCUT2D eigenvalue weighted by molar-refractivity contribution is 7.26. The summed E-state index contributed by atoms with van der Waals surface area (Å²) in [6.07, 6.45) is 9.73. The summed E-state index contributed by atoms with van der Waals surface area (Å²) in [7, 11) is 0. The maximum Gasteiger partial charge on any atom is 0.227 e. The molecular weight excluding hydrogens is 895 g/mol. The number of hydrogen-bond donors (Lipinski definition) is 0. The summed E-state index contributed by atoms with van der Waals surface area (Å²) in [4.78, 5) is 17.1. The highest BCUT2D eigenvalue weighted by atomic mass is 32.1. The molecule has 6 nitrogen and oxygen atoms in total. The van der Waals surface area contributed by atoms with Gasteiger partial charge in [-0.2, -0.15) is 0 Å². The highest BCUT2D eigenvalue weighted by Crippen LogP contribution is 2.50. The molecule has 0 radical (unpaired) electrons. The summed E-state index contributed by atoms with van der Waals surface area (Å²) in [5.41, 5.74) is 13.3. The van der Waals surface area contributed by atoms with Gasteiger partial charge >= 0.3 is 0 Å². The van der Waals surface area contributed by atoms with Crippen molar-refractivity contribution >= 4 is 110 Å². The van der Waals surface area contributed by atoms with Crippen molar-refractivity contribution in [1.82, 2.24) is 9.97 Å². The lowest BCUT2D eigenvalue weighted by molar-refractivity contribution is 0.620. The summed E-state index contributed by atoms with van der Waals surface area (Å²) < 4.78 is 9.88. The second kappa shape index (κ2) is 17.8. The molecule has 1 unspecified atom stereocenters. The van der Waals surface area contributed by atoms with Crippen LogP contribution in [0.5, 0.6) is 0 Å². The van der Waals surface area contributed by atoms with Gasteiger partial charge in [0.15, 0.2) is 5.58 Å². The van der Waals surface area contributed by atoms with Gasteiger partial charge in [0.25, 0.3) is 0 Å². The monoisotopic (exact) mass is 937 g/mol. The largest absolute Gasteiger partial charge is 0.436 e. The minimum absolute atomic E-state index is 0.0860. The topological polar surface area (TPSA) is 48.6 Å². The van der Waals surface area contributed by atoms with Gasteiger partial charge < -0.3 is 19.1 Å². The van der Waals surface area contributed by atoms with Crippen molar-refractivity contribution in [1.29, 1.82) is 0 Å². The maximum absolute atomic E-state index is 6.30. The fourth-order valence-corrected chi connectivity index (χ4v) is 11.9. The molecule has 0 saturated carbocycles. The fourth-order valence-electron chi connectivity index (χ4n) is 9.74. The Labute approximate surface area is 413 Å². The number of thiophene rings is 1. The Morgan fingerprint density at radius 2 is 1.09 bits per heavy atom. The lowest BCUT2D eigenvalue weighted by Crippen LogP contribution is -2.29. The third kappa shape index (κ3) is 7.69. The van der Waals surface area contributed by atoms with E-state index in [1.165, 1.54) is 24.9 Å². The van der Waals surface area contributed by atoms with Crippen molar-refractivity contribution < 1.29 is 4.42 Å². The maximum atomic E-state index is 6.30. The van der Waals surface area contributed by atoms with E-state index in [9.17, 15) is 0 Å². The van der Waals surface area contributed by atoms with Crippen LogP contribution in [-0.2, 0) is 0 Å². The average molecular weight is 938 g/mol. The van der Waals surface area contributed by atoms with Gasteiger partial charge in [0.2, 0.25) is 5.89 Å². The third-order valence-electron chi connectivity index (χ3n) is 13.0. The average Bonchev–Trinajstić information content (AvgIpc) is 4.16. The molecule has 70 heavy (non-hydrogen) atoms. The van der Waals surface area contributed by atoms with Crippen molar-refractivity contribution in [3.8, 4) is 22.0 Å². The van der Waals surface area contributed by atoms with E-state index in [1.54, 1.807) is 11.3 Å². The molecular formula is C62H43N5OS2. The van der Waals surface area contributed by atoms with E-state index in [0.717, 1.165) is 84.7 Å². The van der Waals surface area contributed by atoms with E-state index in [-0.39, 0.29) is 6.04 Å². The molecule has 0 bridgehead atoms. The van der Waals surface area contributed by atoms with Gasteiger partial charge in [-0.3, -0.25) is 0 Å². The Hall–Kier alpha value is -8.56. The van der Waals surface area contributed by atoms with Gasteiger partial charge in [0, 0.05) is 71.1 Å². The van der Waals surface area contributed by atoms with Crippen LogP contribution >= 0.6 is 22.7 Å². The van der Waals surface area contributed by atoms with Crippen LogP contribution in [0.15, 0.2) is 247 Å². The van der Waals surface area contributed by atoms with Crippen molar-refractivity contribution in [3.63, 3.8) is 0 Å². The van der Waals surface area contributed by atoms with Crippen molar-refractivity contribution in [3.05, 3.63) is 243 Å². The zero-order chi connectivity index (χ0) is 46.4. The van der Waals surface area contributed by atoms with Crippen LogP contribution in [-0.4, -0.2) is 16.0 Å². The standard InChI is InChI=1S/C62H43N5OS2/c1-5-19-44(20-6-1)65(48-34-32-42(33-35-48)62-64-54-29-14-16-31-58(54)70-62)51-40-55(67(46-23-9-3-10-24-46)47-25-11-4-12-26-47)60-52-39-50(36-37-57(52)69-59(60)41-51)66(45-21-7-2-8-22-45)49-27-17-18-43(38-49)61-63-53-28-13-15-30-56(53)68-61/h1-21,23-41,45H,22H2. The minimum Gasteiger partial charge on any atom is -0.436 e. The number of nitrogens with zero attached hydrogens (tertiary/aromatic N) is 5. The smallest absolute Gasteiger partial charge is 0.227 e. The molecule has 0 aliphatic heterocycles. The summed E-state index contributed by atoms with van der Waals surface area (Å²) >= 11 is 3.56. The molecule has 8 heteroatoms. The normalized spacial score (nSPS) is 13.4. The summed E-state index contributed by atoms with van der Waals surface area (Å²) in [6, 6.07) is 77.8. The van der Waals surface area contributed by atoms with E-state index in [4.69, 9.17) is 14.4 Å². The second-order valence-electron chi connectivity index (χ2n) is 17.4. The molecule has 3 heterocycles. The van der Waals surface area contributed by atoms with E-state index < -0.39 is 0 Å². The summed E-state index contributed by atoms with van der Waals surface area (Å²) in [5, 5.41) is 3.40. The first-order valence-electron chi connectivity index (χ1n) is 23.5. The Kier molecular flexibility index (Phi) is 10.6. The second-order valence-corrected chi connectivity index (χ2v) is 19.5. The molecule has 0 amide bonds. The molecule has 12 aromatic rings. The Morgan fingerprint density at radius 1 is 0.443 bits per heavy atom. The molecule has 1 atom stereocenters. The number of hydrogen-bond acceptors (Lipinski definition) is 8. The molecule has 0 fully saturated rings. The van der Waals surface area contributed by atoms with Crippen LogP contribution in [0.1, 0.15) is 6.42 Å². The molecule has 1 aliphatic rings. The predicted molar refractivity (Wildman–Crippen MR) is 296 cm³/mol. The molecule has 13 rings (SSSR count). The molecule has 9 aromatic carbocycles. The number of anilines is 8. The van der Waals surface area contributed by atoms with Crippen LogP contribution in [0.3, 0.4) is 0 Å². The zero-order valence-electron chi connectivity index (χ0n) is 37.8. The molecule has 1 aliphatic carbocycles. The Bertz CT molecular complexity index is 3790. The van der Waals surface area contributed by atoms with Crippen molar-refractivity contribution in [2.45, 2.75) is 12.5 Å². The van der Waals surface area contributed by atoms with Gasteiger partial charge in [-0.25, -0.2) is 9.97 Å². The summed E-state index contributed by atoms with van der Waals surface area (Å²) in [6.45, 7) is 0. The number of oxazole rings is 1. The fraction of sp³-hybridized carbons (Fsp3) is 0.0323. The first-order chi connectivity index (χ1) is 34.7. The molecule has 0 spiro atoms. The number of aromatic nitrogens is 2. The van der Waals surface area contributed by atoms with Crippen LogP contribution in [0.4, 0.5) is 45.5 Å². The van der Waals surface area contributed by atoms with Gasteiger partial charge in [-0.1, -0.05) is 109 Å². The lowest BCUT2D eigenvalue weighted by atomic mass is 10.0. The van der Waals surface area contributed by atoms with Gasteiger partial charge in [-0.05, 0) is 140 Å². The number of para-hydroxylation sites is 6. The van der Waals surface area contributed by atoms with Crippen molar-refractivity contribution in [2.75, 3.05) is 14.7 Å². The Morgan fingerprint density at radius 3 is 1.80 bits per heavy atom. The van der Waals surface area contributed by atoms with Crippen LogP contribution in [0.2, 0.25) is 0 Å². The first-order valence-corrected chi connectivity index (χ1v) is 25.1. The van der Waals surface area contributed by atoms with Crippen molar-refractivity contribution in [2.24, 2.45) is 0 Å². The van der Waals surface area contributed by atoms with Gasteiger partial charge in [-0.15, -0.1) is 22.7 Å². The summed E-state index contributed by atoms with van der Waals surface area (Å²) in [5.74, 6) is 0.609. The van der Waals surface area contributed by atoms with Crippen LogP contribution in [0.25, 0.3) is 63.5 Å². The SMILES string of the molecule is C1=CCC(N(c2cccc(-c3nc4ccccc4o3)c2)c2ccc3sc4cc(N(c5ccccc5)c5ccc(-c6nc7ccccc7s6)cc5)cc(N(c5ccccc5)c5ccccc5)c4c3c2)C=C1. The predicted octanol–water partition coefficient (Wildman–Crippen LogP) is 18.1. The Balaban J connectivity index is 1.01. The number of benzene rings is 9. The number of allylic oxidation sites excluding steroid dienone is 2. The molecule has 0 saturated heterocycles. The van der Waals surface area contributed by atoms with E-state index in [2.05, 4.69) is 227 Å². The van der Waals surface area contributed by atoms with Crippen LogP contribution < -0.4 is 14.7 Å². The zero-order valence-corrected chi connectivity index (χ0v) is 39.5. The highest BCUT2D eigenvalue weighted by Gasteiger charge is 2.26. The first kappa shape index (κ1) is 41.6. The quantitative estimate of drug-likeness (QED) is 0.129. The lowest BCUT2D eigenvalue weighted by Gasteiger charge is -2.33. The number of fused-ring (bicyclic) bond motifs is 5. The van der Waals surface area contributed by atoms with Crippen LogP contribution in [0, 0.1) is 0 Å². The molecule has 334 valence electrons. The minimum atomic E-state index is 0.0860. The van der Waals surface area contributed by atoms with Gasteiger partial charge in [0.1, 0.15) is 10.5 Å². The van der Waals surface area contributed by atoms with E-state index in [1.807, 2.05) is 41.7 Å². The number of rotatable bonds is 11. The van der Waals surface area contributed by atoms with Gasteiger partial charge in [0.05, 0.1) is 21.9 Å². The molecule has 3 aromatic heterocycles. The van der Waals surface area contributed by atoms with E-state index >= 15 is 0 Å². The van der Waals surface area contributed by atoms with E-state index in [0.29, 0.717) is 5.89 Å². The number of thiazole rings is 1. The molecule has 0 N–H and O–H groups in total. The third-order valence-corrected chi connectivity index (χ3v) is 15.2.